The number of carbonyl (C=O) groups excluding carboxylic acids is 2. The molecular weight excluding hydrogens is 512 g/mol. The Bertz CT molecular complexity index is 1130. The van der Waals surface area contributed by atoms with Gasteiger partial charge in [-0.1, -0.05) is 60.3 Å². The van der Waals surface area contributed by atoms with Crippen LogP contribution in [-0.4, -0.2) is 63.1 Å². The van der Waals surface area contributed by atoms with Gasteiger partial charge in [0.2, 0.25) is 16.7 Å². The van der Waals surface area contributed by atoms with E-state index in [-0.39, 0.29) is 23.9 Å². The summed E-state index contributed by atoms with van der Waals surface area (Å²) in [7, 11) is 0. The van der Waals surface area contributed by atoms with Gasteiger partial charge in [0.25, 0.3) is 0 Å². The number of aliphatic carboxylic acids is 2. The average molecular weight is 545 g/mol. The molecule has 1 aliphatic heterocycles. The van der Waals surface area contributed by atoms with Gasteiger partial charge in [-0.25, -0.2) is 4.79 Å². The number of nitrogens with one attached hydrogen (secondary N) is 2. The first-order chi connectivity index (χ1) is 18.0. The number of thioether (sulfide) groups is 1. The van der Waals surface area contributed by atoms with Crippen molar-refractivity contribution in [3.8, 4) is 0 Å². The Labute approximate surface area is 225 Å². The molecule has 10 nitrogen and oxygen atoms in total. The second-order valence-electron chi connectivity index (χ2n) is 9.42. The highest BCUT2D eigenvalue weighted by Gasteiger charge is 2.42. The minimum absolute atomic E-state index is 0.0554. The summed E-state index contributed by atoms with van der Waals surface area (Å²) in [4.78, 5) is 50.2. The van der Waals surface area contributed by atoms with Gasteiger partial charge in [-0.3, -0.25) is 14.4 Å². The molecule has 2 aromatic rings. The molecule has 0 aliphatic carbocycles. The quantitative estimate of drug-likeness (QED) is 0.277. The number of carboxylic acid groups (broad SMARTS) is 2. The largest absolute Gasteiger partial charge is 0.481 e. The van der Waals surface area contributed by atoms with Crippen molar-refractivity contribution in [2.45, 2.75) is 50.7 Å². The Morgan fingerprint density at radius 2 is 1.68 bits per heavy atom. The Morgan fingerprint density at radius 3 is 2.24 bits per heavy atom. The first-order valence-corrected chi connectivity index (χ1v) is 13.1. The van der Waals surface area contributed by atoms with Crippen LogP contribution in [-0.2, 0) is 35.1 Å². The molecular formula is C27H32N2O8S. The van der Waals surface area contributed by atoms with Crippen molar-refractivity contribution in [1.82, 2.24) is 5.32 Å². The number of amides is 1. The Morgan fingerprint density at radius 1 is 1.05 bits per heavy atom. The van der Waals surface area contributed by atoms with E-state index in [0.717, 1.165) is 17.3 Å². The number of anilines is 1. The zero-order valence-electron chi connectivity index (χ0n) is 21.2. The van der Waals surface area contributed by atoms with Gasteiger partial charge in [-0.05, 0) is 38.0 Å². The van der Waals surface area contributed by atoms with Crippen molar-refractivity contribution in [2.75, 3.05) is 17.7 Å². The molecule has 2 aromatic carbocycles. The SMILES string of the molecule is CC1(C)OCC(C(=O)SCC(Cc2ccccc2)C(=O)NC(CCC(=O)O)(Nc2ccccc2)C(=O)O)O1. The van der Waals surface area contributed by atoms with E-state index >= 15 is 0 Å². The highest BCUT2D eigenvalue weighted by atomic mass is 32.2. The van der Waals surface area contributed by atoms with E-state index in [1.165, 1.54) is 0 Å². The van der Waals surface area contributed by atoms with Gasteiger partial charge in [0.05, 0.1) is 12.5 Å². The fourth-order valence-corrected chi connectivity index (χ4v) is 4.89. The number of hydrogen-bond donors (Lipinski definition) is 4. The molecule has 1 amide bonds. The summed E-state index contributed by atoms with van der Waals surface area (Å²) in [6.45, 7) is 3.52. The van der Waals surface area contributed by atoms with E-state index in [0.29, 0.717) is 5.69 Å². The molecule has 0 spiro atoms. The highest BCUT2D eigenvalue weighted by molar-refractivity contribution is 8.13. The smallest absolute Gasteiger partial charge is 0.350 e. The van der Waals surface area contributed by atoms with Crippen molar-refractivity contribution in [3.05, 3.63) is 66.2 Å². The number of carboxylic acids is 2. The molecule has 0 saturated carbocycles. The van der Waals surface area contributed by atoms with Gasteiger partial charge in [-0.2, -0.15) is 0 Å². The zero-order valence-corrected chi connectivity index (χ0v) is 22.0. The van der Waals surface area contributed by atoms with Crippen LogP contribution in [0.25, 0.3) is 0 Å². The van der Waals surface area contributed by atoms with Gasteiger partial charge >= 0.3 is 11.9 Å². The van der Waals surface area contributed by atoms with Crippen LogP contribution in [0.2, 0.25) is 0 Å². The topological polar surface area (TPSA) is 151 Å². The molecule has 11 heteroatoms. The molecule has 1 aliphatic rings. The maximum atomic E-state index is 13.6. The molecule has 1 fully saturated rings. The number of ether oxygens (including phenoxy) is 2. The van der Waals surface area contributed by atoms with E-state index in [1.54, 1.807) is 44.2 Å². The molecule has 1 saturated heterocycles. The number of para-hydroxylation sites is 1. The summed E-state index contributed by atoms with van der Waals surface area (Å²) in [6, 6.07) is 17.5. The van der Waals surface area contributed by atoms with Crippen LogP contribution in [0.1, 0.15) is 32.3 Å². The molecule has 38 heavy (non-hydrogen) atoms. The minimum Gasteiger partial charge on any atom is -0.481 e. The van der Waals surface area contributed by atoms with Crippen molar-refractivity contribution in [1.29, 1.82) is 0 Å². The van der Waals surface area contributed by atoms with Crippen molar-refractivity contribution >= 4 is 40.4 Å². The number of benzene rings is 2. The second kappa shape index (κ2) is 12.9. The van der Waals surface area contributed by atoms with E-state index in [2.05, 4.69) is 10.6 Å². The highest BCUT2D eigenvalue weighted by Crippen LogP contribution is 2.27. The Balaban J connectivity index is 1.82. The Kier molecular flexibility index (Phi) is 9.90. The van der Waals surface area contributed by atoms with Gasteiger partial charge < -0.3 is 30.3 Å². The molecule has 1 heterocycles. The second-order valence-corrected chi connectivity index (χ2v) is 10.4. The normalized spacial score (nSPS) is 18.6. The van der Waals surface area contributed by atoms with Gasteiger partial charge in [0.15, 0.2) is 11.9 Å². The summed E-state index contributed by atoms with van der Waals surface area (Å²) in [6.07, 6.45) is -1.45. The van der Waals surface area contributed by atoms with Gasteiger partial charge in [-0.15, -0.1) is 0 Å². The van der Waals surface area contributed by atoms with E-state index in [4.69, 9.17) is 9.47 Å². The summed E-state index contributed by atoms with van der Waals surface area (Å²) in [5, 5.41) is 24.5. The standard InChI is InChI=1S/C27H32N2O8S/c1-26(2)36-16-21(37-26)24(33)38-17-19(15-18-9-5-3-6-10-18)23(32)29-27(25(34)35,14-13-22(30)31)28-20-11-7-4-8-12-20/h3-12,19,21,28H,13-17H2,1-2H3,(H,29,32)(H,30,31)(H,34,35). The van der Waals surface area contributed by atoms with Crippen molar-refractivity contribution in [2.24, 2.45) is 5.92 Å². The number of rotatable bonds is 13. The molecule has 4 N–H and O–H groups in total. The number of carbonyl (C=O) groups is 4. The molecule has 0 bridgehead atoms. The zero-order chi connectivity index (χ0) is 27.8. The first kappa shape index (κ1) is 29.2. The molecule has 0 radical (unpaired) electrons. The summed E-state index contributed by atoms with van der Waals surface area (Å²) in [5.41, 5.74) is -0.872. The van der Waals surface area contributed by atoms with Crippen molar-refractivity contribution in [3.63, 3.8) is 0 Å². The average Bonchev–Trinajstić information content (AvgIpc) is 3.25. The van der Waals surface area contributed by atoms with E-state index in [1.807, 2.05) is 30.3 Å². The molecule has 204 valence electrons. The van der Waals surface area contributed by atoms with Crippen LogP contribution in [0.5, 0.6) is 0 Å². The summed E-state index contributed by atoms with van der Waals surface area (Å²) >= 11 is 0.920. The maximum Gasteiger partial charge on any atom is 0.350 e. The predicted octanol–water partition coefficient (Wildman–Crippen LogP) is 3.13. The van der Waals surface area contributed by atoms with Crippen LogP contribution in [0.15, 0.2) is 60.7 Å². The predicted molar refractivity (Wildman–Crippen MR) is 141 cm³/mol. The maximum absolute atomic E-state index is 13.6. The molecule has 0 aromatic heterocycles. The third-order valence-corrected chi connectivity index (χ3v) is 7.06. The van der Waals surface area contributed by atoms with Crippen LogP contribution in [0, 0.1) is 5.92 Å². The minimum atomic E-state index is -2.09. The molecule has 3 unspecified atom stereocenters. The molecule has 3 rings (SSSR count). The summed E-state index contributed by atoms with van der Waals surface area (Å²) < 4.78 is 11.1. The molecule has 3 atom stereocenters. The first-order valence-electron chi connectivity index (χ1n) is 12.1. The van der Waals surface area contributed by atoms with Gasteiger partial charge in [0.1, 0.15) is 0 Å². The third-order valence-electron chi connectivity index (χ3n) is 5.94. The van der Waals surface area contributed by atoms with Crippen molar-refractivity contribution < 1.29 is 38.9 Å². The number of hydrogen-bond acceptors (Lipinski definition) is 8. The van der Waals surface area contributed by atoms with Gasteiger partial charge in [0, 0.05) is 24.3 Å². The summed E-state index contributed by atoms with van der Waals surface area (Å²) in [5.74, 6) is -4.90. The monoisotopic (exact) mass is 544 g/mol. The van der Waals surface area contributed by atoms with Crippen LogP contribution >= 0.6 is 11.8 Å². The van der Waals surface area contributed by atoms with E-state index < -0.39 is 54.2 Å². The fraction of sp³-hybridized carbons (Fsp3) is 0.407. The van der Waals surface area contributed by atoms with E-state index in [9.17, 15) is 29.4 Å². The van der Waals surface area contributed by atoms with Crippen LogP contribution in [0.3, 0.4) is 0 Å². The lowest BCUT2D eigenvalue weighted by atomic mass is 9.97. The Hall–Kier alpha value is -3.41. The lowest BCUT2D eigenvalue weighted by molar-refractivity contribution is -0.148. The lowest BCUT2D eigenvalue weighted by Crippen LogP contribution is -2.61. The third kappa shape index (κ3) is 8.30. The lowest BCUT2D eigenvalue weighted by Gasteiger charge is -2.33. The fourth-order valence-electron chi connectivity index (χ4n) is 3.95. The van der Waals surface area contributed by atoms with Crippen LogP contribution in [0.4, 0.5) is 5.69 Å². The van der Waals surface area contributed by atoms with Crippen LogP contribution < -0.4 is 10.6 Å².